The summed E-state index contributed by atoms with van der Waals surface area (Å²) in [5, 5.41) is 14.9. The molecule has 6 nitrogen and oxygen atoms in total. The summed E-state index contributed by atoms with van der Waals surface area (Å²) in [5.74, 6) is -3.65. The van der Waals surface area contributed by atoms with Crippen LogP contribution in [-0.4, -0.2) is 19.1 Å². The molecule has 0 saturated heterocycles. The average Bonchev–Trinajstić information content (AvgIpc) is 2.99. The van der Waals surface area contributed by atoms with Crippen molar-refractivity contribution in [3.63, 3.8) is 0 Å². The molecule has 1 atom stereocenters. The van der Waals surface area contributed by atoms with Gasteiger partial charge in [-0.05, 0) is 42.2 Å². The Kier molecular flexibility index (Phi) is 4.85. The third kappa shape index (κ3) is 3.24. The van der Waals surface area contributed by atoms with Crippen molar-refractivity contribution in [3.05, 3.63) is 62.7 Å². The molecule has 0 aromatic heterocycles. The van der Waals surface area contributed by atoms with E-state index in [1.807, 2.05) is 6.07 Å². The Bertz CT molecular complexity index is 982. The van der Waals surface area contributed by atoms with Crippen LogP contribution < -0.4 is 5.32 Å². The average molecular weight is 403 g/mol. The first-order valence-corrected chi connectivity index (χ1v) is 9.48. The normalized spacial score (nSPS) is 16.5. The lowest BCUT2D eigenvalue weighted by molar-refractivity contribution is -0.384. The van der Waals surface area contributed by atoms with Gasteiger partial charge in [-0.15, -0.1) is 0 Å². The molecule has 1 unspecified atom stereocenters. The standard InChI is InChI=1S/C16H13ClF2N2O4S/c17-12-3-1-2-11-10(12)5-7-13(11)20-14-6-4-9(8-15(14)21(22)23)26(24,25)16(18)19/h1-4,6,8,13,16,20H,5,7H2. The van der Waals surface area contributed by atoms with Gasteiger partial charge in [-0.3, -0.25) is 10.1 Å². The number of anilines is 1. The number of fused-ring (bicyclic) bond motifs is 1. The molecule has 1 aliphatic rings. The number of alkyl halides is 2. The van der Waals surface area contributed by atoms with Crippen LogP contribution >= 0.6 is 11.6 Å². The predicted octanol–water partition coefficient (Wildman–Crippen LogP) is 4.34. The van der Waals surface area contributed by atoms with Crippen molar-refractivity contribution in [2.24, 2.45) is 0 Å². The Morgan fingerprint density at radius 1 is 1.27 bits per heavy atom. The molecular formula is C16H13ClF2N2O4S. The number of nitro benzene ring substituents is 1. The molecule has 1 N–H and O–H groups in total. The van der Waals surface area contributed by atoms with Crippen molar-refractivity contribution < 1.29 is 22.1 Å². The van der Waals surface area contributed by atoms with E-state index in [-0.39, 0.29) is 11.7 Å². The summed E-state index contributed by atoms with van der Waals surface area (Å²) in [4.78, 5) is 9.71. The third-order valence-electron chi connectivity index (χ3n) is 4.27. The fourth-order valence-electron chi connectivity index (χ4n) is 3.01. The van der Waals surface area contributed by atoms with E-state index in [9.17, 15) is 27.3 Å². The molecule has 138 valence electrons. The molecule has 0 spiro atoms. The summed E-state index contributed by atoms with van der Waals surface area (Å²) in [6.07, 6.45) is 1.34. The zero-order valence-electron chi connectivity index (χ0n) is 13.2. The first-order valence-electron chi connectivity index (χ1n) is 7.56. The number of benzene rings is 2. The van der Waals surface area contributed by atoms with Gasteiger partial charge in [-0.1, -0.05) is 23.7 Å². The van der Waals surface area contributed by atoms with E-state index >= 15 is 0 Å². The third-order valence-corrected chi connectivity index (χ3v) is 6.01. The molecule has 0 radical (unpaired) electrons. The van der Waals surface area contributed by atoms with Crippen LogP contribution in [0.3, 0.4) is 0 Å². The maximum atomic E-state index is 12.7. The highest BCUT2D eigenvalue weighted by Crippen LogP contribution is 2.39. The molecule has 0 aliphatic heterocycles. The molecule has 0 saturated carbocycles. The Morgan fingerprint density at radius 2 is 2.00 bits per heavy atom. The predicted molar refractivity (Wildman–Crippen MR) is 92.4 cm³/mol. The van der Waals surface area contributed by atoms with Crippen LogP contribution in [0.15, 0.2) is 41.3 Å². The number of nitro groups is 1. The maximum Gasteiger partial charge on any atom is 0.341 e. The zero-order chi connectivity index (χ0) is 19.1. The number of halogens is 3. The lowest BCUT2D eigenvalue weighted by Crippen LogP contribution is -2.13. The smallest absolute Gasteiger partial charge is 0.341 e. The van der Waals surface area contributed by atoms with Crippen LogP contribution in [0.1, 0.15) is 23.6 Å². The summed E-state index contributed by atoms with van der Waals surface area (Å²) in [6.45, 7) is 0. The highest BCUT2D eigenvalue weighted by atomic mass is 35.5. The van der Waals surface area contributed by atoms with Crippen molar-refractivity contribution >= 4 is 32.8 Å². The van der Waals surface area contributed by atoms with Gasteiger partial charge in [0.2, 0.25) is 9.84 Å². The summed E-state index contributed by atoms with van der Waals surface area (Å²) in [5.41, 5.74) is 1.32. The van der Waals surface area contributed by atoms with E-state index in [1.54, 1.807) is 12.1 Å². The molecule has 2 aromatic rings. The van der Waals surface area contributed by atoms with Gasteiger partial charge in [0.05, 0.1) is 15.9 Å². The Morgan fingerprint density at radius 3 is 2.65 bits per heavy atom. The van der Waals surface area contributed by atoms with Crippen LogP contribution in [0, 0.1) is 10.1 Å². The maximum absolute atomic E-state index is 12.7. The molecule has 0 heterocycles. The van der Waals surface area contributed by atoms with Crippen molar-refractivity contribution in [3.8, 4) is 0 Å². The first-order chi connectivity index (χ1) is 12.2. The number of rotatable bonds is 5. The van der Waals surface area contributed by atoms with Gasteiger partial charge in [-0.25, -0.2) is 8.42 Å². The number of sulfone groups is 1. The van der Waals surface area contributed by atoms with Gasteiger partial charge in [0.25, 0.3) is 5.69 Å². The molecule has 0 bridgehead atoms. The monoisotopic (exact) mass is 402 g/mol. The van der Waals surface area contributed by atoms with E-state index in [1.165, 1.54) is 0 Å². The fourth-order valence-corrected chi connectivity index (χ4v) is 4.03. The minimum absolute atomic E-state index is 0.0565. The molecule has 0 fully saturated rings. The van der Waals surface area contributed by atoms with E-state index in [0.29, 0.717) is 23.9 Å². The van der Waals surface area contributed by atoms with Gasteiger partial charge < -0.3 is 5.32 Å². The van der Waals surface area contributed by atoms with Crippen LogP contribution in [0.5, 0.6) is 0 Å². The van der Waals surface area contributed by atoms with Gasteiger partial charge in [0, 0.05) is 11.1 Å². The van der Waals surface area contributed by atoms with Crippen LogP contribution in [-0.2, 0) is 16.3 Å². The van der Waals surface area contributed by atoms with E-state index in [4.69, 9.17) is 11.6 Å². The SMILES string of the molecule is O=[N+]([O-])c1cc(S(=O)(=O)C(F)F)ccc1NC1CCc2c(Cl)cccc21. The highest BCUT2D eigenvalue weighted by Gasteiger charge is 2.31. The summed E-state index contributed by atoms with van der Waals surface area (Å²) in [6, 6.07) is 7.86. The Hall–Kier alpha value is -2.26. The number of hydrogen-bond acceptors (Lipinski definition) is 5. The highest BCUT2D eigenvalue weighted by molar-refractivity contribution is 7.91. The second-order valence-electron chi connectivity index (χ2n) is 5.78. The van der Waals surface area contributed by atoms with Crippen LogP contribution in [0.25, 0.3) is 0 Å². The molecule has 2 aromatic carbocycles. The largest absolute Gasteiger partial charge is 0.373 e. The van der Waals surface area contributed by atoms with Gasteiger partial charge in [0.1, 0.15) is 5.69 Å². The van der Waals surface area contributed by atoms with E-state index in [2.05, 4.69) is 5.32 Å². The van der Waals surface area contributed by atoms with E-state index < -0.39 is 31.1 Å². The minimum Gasteiger partial charge on any atom is -0.373 e. The lowest BCUT2D eigenvalue weighted by Gasteiger charge is -2.16. The van der Waals surface area contributed by atoms with Crippen molar-refractivity contribution in [2.45, 2.75) is 29.5 Å². The Labute approximate surface area is 152 Å². The first kappa shape index (κ1) is 18.5. The molecule has 0 amide bonds. The van der Waals surface area contributed by atoms with Crippen LogP contribution in [0.4, 0.5) is 20.2 Å². The van der Waals surface area contributed by atoms with Crippen molar-refractivity contribution in [1.29, 1.82) is 0 Å². The fraction of sp³-hybridized carbons (Fsp3) is 0.250. The molecule has 10 heteroatoms. The van der Waals surface area contributed by atoms with Gasteiger partial charge >= 0.3 is 5.76 Å². The number of hydrogen-bond donors (Lipinski definition) is 1. The zero-order valence-corrected chi connectivity index (χ0v) is 14.7. The van der Waals surface area contributed by atoms with Crippen molar-refractivity contribution in [2.75, 3.05) is 5.32 Å². The van der Waals surface area contributed by atoms with Crippen molar-refractivity contribution in [1.82, 2.24) is 0 Å². The summed E-state index contributed by atoms with van der Waals surface area (Å²) < 4.78 is 48.5. The molecular weight excluding hydrogens is 390 g/mol. The molecule has 1 aliphatic carbocycles. The quantitative estimate of drug-likeness (QED) is 0.593. The Balaban J connectivity index is 1.98. The minimum atomic E-state index is -4.91. The van der Waals surface area contributed by atoms with Crippen LogP contribution in [0.2, 0.25) is 5.02 Å². The van der Waals surface area contributed by atoms with Gasteiger partial charge in [-0.2, -0.15) is 8.78 Å². The van der Waals surface area contributed by atoms with E-state index in [0.717, 1.165) is 23.3 Å². The van der Waals surface area contributed by atoms with Gasteiger partial charge in [0.15, 0.2) is 0 Å². The number of nitrogens with zero attached hydrogens (tertiary/aromatic N) is 1. The second-order valence-corrected chi connectivity index (χ2v) is 8.11. The topological polar surface area (TPSA) is 89.3 Å². The molecule has 3 rings (SSSR count). The summed E-state index contributed by atoms with van der Waals surface area (Å²) >= 11 is 6.15. The summed E-state index contributed by atoms with van der Waals surface area (Å²) in [7, 11) is -4.91. The molecule has 26 heavy (non-hydrogen) atoms. The second kappa shape index (κ2) is 6.81. The number of nitrogens with one attached hydrogen (secondary N) is 1. The lowest BCUT2D eigenvalue weighted by atomic mass is 10.1.